The fraction of sp³-hybridized carbons (Fsp3) is 0.419. The average molecular weight is 1080 g/mol. The summed E-state index contributed by atoms with van der Waals surface area (Å²) >= 11 is 6.20. The van der Waals surface area contributed by atoms with Crippen molar-refractivity contribution in [2.75, 3.05) is 36.5 Å². The lowest BCUT2D eigenvalue weighted by molar-refractivity contribution is -0.125. The van der Waals surface area contributed by atoms with E-state index in [1.807, 2.05) is 71.6 Å². The van der Waals surface area contributed by atoms with Crippen molar-refractivity contribution in [3.63, 3.8) is 0 Å². The monoisotopic (exact) mass is 1080 g/mol. The SMILES string of the molecule is O=C(NC1CC2CCC(C1)N2Cc1ccc2cc(F)ccc2c1)N1CCC2(CC1)C(=O)NCN2c1ccccc1.O=C(Nc1ccccc1Cl)[C@@H]1CCCN1C(=O)NC1CC2CCC(C1)N2Cc1ccc2cc(F)ccc2c1. The Morgan fingerprint density at radius 2 is 1.12 bits per heavy atom. The third-order valence-corrected chi connectivity index (χ3v) is 18.4. The summed E-state index contributed by atoms with van der Waals surface area (Å²) in [7, 11) is 0. The molecule has 78 heavy (non-hydrogen) atoms. The van der Waals surface area contributed by atoms with E-state index in [1.54, 1.807) is 29.2 Å². The molecule has 13 nitrogen and oxygen atoms in total. The van der Waals surface area contributed by atoms with Gasteiger partial charge in [0, 0.05) is 74.7 Å². The molecule has 4 bridgehead atoms. The zero-order valence-corrected chi connectivity index (χ0v) is 44.7. The van der Waals surface area contributed by atoms with E-state index in [-0.39, 0.29) is 47.6 Å². The molecule has 16 heteroatoms. The minimum atomic E-state index is -0.584. The molecule has 0 radical (unpaired) electrons. The van der Waals surface area contributed by atoms with Crippen LogP contribution >= 0.6 is 11.6 Å². The van der Waals surface area contributed by atoms with Crippen molar-refractivity contribution in [2.45, 2.75) is 138 Å². The summed E-state index contributed by atoms with van der Waals surface area (Å²) in [4.78, 5) is 63.5. The number of nitrogens with zero attached hydrogens (tertiary/aromatic N) is 5. The topological polar surface area (TPSA) is 133 Å². The smallest absolute Gasteiger partial charge is 0.318 e. The Bertz CT molecular complexity index is 3190. The van der Waals surface area contributed by atoms with Crippen LogP contribution in [0, 0.1) is 11.6 Å². The molecule has 6 aromatic carbocycles. The predicted octanol–water partition coefficient (Wildman–Crippen LogP) is 10.6. The van der Waals surface area contributed by atoms with Gasteiger partial charge in [-0.15, -0.1) is 0 Å². The number of hydrogen-bond donors (Lipinski definition) is 4. The number of anilines is 2. The quantitative estimate of drug-likeness (QED) is 0.113. The standard InChI is InChI=1S/C32H36FN5O2.C30H32ClFN4O2/c33-25-9-8-23-16-22(6-7-24(23)17-25)20-37-28-10-11-29(37)19-26(18-28)35-31(40)36-14-12-32(13-15-36)30(39)34-21-38(32)27-4-2-1-3-5-27;31-26-4-1-2-5-27(26)34-29(37)28-6-3-13-35(28)30(38)33-23-16-24-11-12-25(17-23)36(24)18-19-7-8-21-15-22(32)10-9-20(21)14-19/h1-9,16-17,26,28-29H,10-15,18-21H2,(H,34,39)(H,35,40);1-2,4-5,7-10,14-15,23-25,28H,3,6,11-13,16-18H2,(H,33,38)(H,34,37)/t;23?,24?,25?,28-/m.0/s1. The van der Waals surface area contributed by atoms with Crippen molar-refractivity contribution in [1.82, 2.24) is 35.6 Å². The molecule has 7 aliphatic heterocycles. The molecule has 7 saturated heterocycles. The van der Waals surface area contributed by atoms with E-state index >= 15 is 0 Å². The normalized spacial score (nSPS) is 25.5. The number of para-hydroxylation sites is 2. The van der Waals surface area contributed by atoms with Crippen LogP contribution in [0.4, 0.5) is 29.7 Å². The molecule has 406 valence electrons. The minimum absolute atomic E-state index is 0.000808. The molecule has 4 N–H and O–H groups in total. The van der Waals surface area contributed by atoms with Gasteiger partial charge in [0.05, 0.1) is 17.4 Å². The highest BCUT2D eigenvalue weighted by atomic mass is 35.5. The first-order valence-electron chi connectivity index (χ1n) is 28.1. The number of urea groups is 2. The third-order valence-electron chi connectivity index (χ3n) is 18.1. The lowest BCUT2D eigenvalue weighted by Gasteiger charge is -2.44. The number of likely N-dealkylation sites (tertiary alicyclic amines) is 2. The third kappa shape index (κ3) is 10.7. The number of nitrogens with one attached hydrogen (secondary N) is 4. The van der Waals surface area contributed by atoms with E-state index in [0.29, 0.717) is 80.4 Å². The van der Waals surface area contributed by atoms with Crippen LogP contribution < -0.4 is 26.2 Å². The summed E-state index contributed by atoms with van der Waals surface area (Å²) in [6.07, 6.45) is 11.0. The zero-order chi connectivity index (χ0) is 53.5. The summed E-state index contributed by atoms with van der Waals surface area (Å²) in [5, 5.41) is 17.0. The van der Waals surface area contributed by atoms with Crippen molar-refractivity contribution in [3.8, 4) is 0 Å². The molecule has 0 saturated carbocycles. The Labute approximate surface area is 459 Å². The van der Waals surface area contributed by atoms with Crippen LogP contribution in [0.15, 0.2) is 127 Å². The van der Waals surface area contributed by atoms with Crippen molar-refractivity contribution in [1.29, 1.82) is 0 Å². The van der Waals surface area contributed by atoms with E-state index in [9.17, 15) is 28.0 Å². The van der Waals surface area contributed by atoms with Crippen LogP contribution in [0.5, 0.6) is 0 Å². The van der Waals surface area contributed by atoms with Crippen LogP contribution in [0.1, 0.15) is 88.2 Å². The molecule has 7 aliphatic rings. The van der Waals surface area contributed by atoms with Gasteiger partial charge in [0.1, 0.15) is 23.2 Å². The summed E-state index contributed by atoms with van der Waals surface area (Å²) in [6, 6.07) is 41.0. The number of hydrogen-bond acceptors (Lipinski definition) is 7. The van der Waals surface area contributed by atoms with Crippen molar-refractivity contribution < 1.29 is 28.0 Å². The lowest BCUT2D eigenvalue weighted by atomic mass is 9.85. The highest BCUT2D eigenvalue weighted by molar-refractivity contribution is 6.33. The number of benzene rings is 6. The number of carbonyl (C=O) groups excluding carboxylic acids is 4. The van der Waals surface area contributed by atoms with E-state index in [0.717, 1.165) is 98.1 Å². The number of fused-ring (bicyclic) bond motifs is 6. The molecule has 0 aliphatic carbocycles. The molecular weight excluding hydrogens is 1010 g/mol. The van der Waals surface area contributed by atoms with Crippen molar-refractivity contribution in [3.05, 3.63) is 155 Å². The second-order valence-electron chi connectivity index (χ2n) is 22.8. The highest BCUT2D eigenvalue weighted by Crippen LogP contribution is 2.40. The van der Waals surface area contributed by atoms with Gasteiger partial charge in [0.2, 0.25) is 11.8 Å². The van der Waals surface area contributed by atoms with Crippen LogP contribution in [0.25, 0.3) is 21.5 Å². The first-order valence-corrected chi connectivity index (χ1v) is 28.5. The maximum Gasteiger partial charge on any atom is 0.318 e. The zero-order valence-electron chi connectivity index (χ0n) is 43.9. The Kier molecular flexibility index (Phi) is 14.7. The van der Waals surface area contributed by atoms with Crippen LogP contribution in [0.3, 0.4) is 0 Å². The molecule has 0 aromatic heterocycles. The van der Waals surface area contributed by atoms with E-state index < -0.39 is 11.6 Å². The van der Waals surface area contributed by atoms with Gasteiger partial charge < -0.3 is 36.0 Å². The van der Waals surface area contributed by atoms with Crippen molar-refractivity contribution in [2.24, 2.45) is 0 Å². The molecule has 4 unspecified atom stereocenters. The van der Waals surface area contributed by atoms with Crippen LogP contribution in [-0.2, 0) is 22.7 Å². The van der Waals surface area contributed by atoms with Gasteiger partial charge in [-0.25, -0.2) is 18.4 Å². The number of halogens is 3. The highest BCUT2D eigenvalue weighted by Gasteiger charge is 2.51. The number of piperidine rings is 3. The van der Waals surface area contributed by atoms with Gasteiger partial charge in [-0.1, -0.05) is 78.3 Å². The Hall–Kier alpha value is -6.81. The summed E-state index contributed by atoms with van der Waals surface area (Å²) in [6.45, 7) is 3.97. The van der Waals surface area contributed by atoms with E-state index in [1.165, 1.54) is 23.3 Å². The first-order chi connectivity index (χ1) is 37.9. The van der Waals surface area contributed by atoms with Crippen molar-refractivity contribution >= 4 is 68.4 Å². The van der Waals surface area contributed by atoms with Gasteiger partial charge in [0.15, 0.2) is 0 Å². The van der Waals surface area contributed by atoms with Gasteiger partial charge in [0.25, 0.3) is 0 Å². The maximum absolute atomic E-state index is 13.6. The second-order valence-corrected chi connectivity index (χ2v) is 23.2. The average Bonchev–Trinajstić information content (AvgIpc) is 4.25. The molecule has 6 aromatic rings. The predicted molar refractivity (Wildman–Crippen MR) is 301 cm³/mol. The van der Waals surface area contributed by atoms with Gasteiger partial charge >= 0.3 is 12.1 Å². The van der Waals surface area contributed by atoms with Crippen LogP contribution in [0.2, 0.25) is 5.02 Å². The molecular formula is C62H68ClF2N9O4. The molecule has 7 fully saturated rings. The first kappa shape index (κ1) is 51.9. The lowest BCUT2D eigenvalue weighted by Crippen LogP contribution is -2.59. The number of carbonyl (C=O) groups is 4. The molecule has 1 spiro atoms. The van der Waals surface area contributed by atoms with E-state index in [4.69, 9.17) is 11.6 Å². The second kappa shape index (κ2) is 22.1. The summed E-state index contributed by atoms with van der Waals surface area (Å²) in [5.41, 5.74) is 3.50. The number of rotatable bonds is 9. The Morgan fingerprint density at radius 1 is 0.603 bits per heavy atom. The van der Waals surface area contributed by atoms with Gasteiger partial charge in [-0.2, -0.15) is 0 Å². The fourth-order valence-corrected chi connectivity index (χ4v) is 14.3. The largest absolute Gasteiger partial charge is 0.339 e. The minimum Gasteiger partial charge on any atom is -0.339 e. The van der Waals surface area contributed by atoms with Gasteiger partial charge in [-0.3, -0.25) is 19.4 Å². The molecule has 13 rings (SSSR count). The molecule has 7 heterocycles. The number of amides is 6. The Balaban J connectivity index is 0.000000156. The maximum atomic E-state index is 13.6. The van der Waals surface area contributed by atoms with Crippen LogP contribution in [-0.4, -0.2) is 118 Å². The Morgan fingerprint density at radius 3 is 1.68 bits per heavy atom. The fourth-order valence-electron chi connectivity index (χ4n) is 14.1. The molecule has 5 atom stereocenters. The molecule has 6 amide bonds. The summed E-state index contributed by atoms with van der Waals surface area (Å²) in [5.74, 6) is -0.545. The van der Waals surface area contributed by atoms with E-state index in [2.05, 4.69) is 60.2 Å². The summed E-state index contributed by atoms with van der Waals surface area (Å²) < 4.78 is 27.1. The van der Waals surface area contributed by atoms with Gasteiger partial charge in [-0.05, 0) is 170 Å².